The van der Waals surface area contributed by atoms with Crippen LogP contribution in [0.2, 0.25) is 0 Å². The van der Waals surface area contributed by atoms with E-state index < -0.39 is 0 Å². The molecule has 0 bridgehead atoms. The monoisotopic (exact) mass is 297 g/mol. The standard InChI is InChI=1S/C18H19NO3/c1-21-16-9-5-6-14(12-16)13-17(20)19-10-11-22-18(19)15-7-3-2-4-8-15/h2-9,12,18H,10-11,13H2,1H3. The molecular weight excluding hydrogens is 278 g/mol. The summed E-state index contributed by atoms with van der Waals surface area (Å²) in [6, 6.07) is 17.5. The summed E-state index contributed by atoms with van der Waals surface area (Å²) in [7, 11) is 1.63. The van der Waals surface area contributed by atoms with E-state index in [4.69, 9.17) is 9.47 Å². The van der Waals surface area contributed by atoms with Crippen LogP contribution in [-0.2, 0) is 16.0 Å². The molecule has 1 atom stereocenters. The van der Waals surface area contributed by atoms with Crippen molar-refractivity contribution in [3.8, 4) is 5.75 Å². The summed E-state index contributed by atoms with van der Waals surface area (Å²) in [5, 5.41) is 0. The van der Waals surface area contributed by atoms with Crippen molar-refractivity contribution in [3.05, 3.63) is 65.7 Å². The minimum atomic E-state index is -0.278. The van der Waals surface area contributed by atoms with Crippen LogP contribution in [0.15, 0.2) is 54.6 Å². The van der Waals surface area contributed by atoms with Crippen LogP contribution < -0.4 is 4.74 Å². The number of methoxy groups -OCH3 is 1. The normalized spacial score (nSPS) is 17.5. The maximum Gasteiger partial charge on any atom is 0.229 e. The Hall–Kier alpha value is -2.33. The van der Waals surface area contributed by atoms with Crippen LogP contribution in [0.1, 0.15) is 17.4 Å². The number of hydrogen-bond acceptors (Lipinski definition) is 3. The highest BCUT2D eigenvalue weighted by Gasteiger charge is 2.30. The number of carbonyl (C=O) groups is 1. The number of benzene rings is 2. The molecule has 0 spiro atoms. The molecule has 2 aromatic rings. The van der Waals surface area contributed by atoms with Gasteiger partial charge in [0.2, 0.25) is 5.91 Å². The molecule has 1 amide bonds. The Labute approximate surface area is 130 Å². The van der Waals surface area contributed by atoms with Gasteiger partial charge < -0.3 is 14.4 Å². The van der Waals surface area contributed by atoms with Crippen LogP contribution in [0.25, 0.3) is 0 Å². The quantitative estimate of drug-likeness (QED) is 0.871. The van der Waals surface area contributed by atoms with Gasteiger partial charge in [-0.05, 0) is 17.7 Å². The van der Waals surface area contributed by atoms with Gasteiger partial charge >= 0.3 is 0 Å². The second kappa shape index (κ2) is 6.62. The molecule has 1 aliphatic rings. The Balaban J connectivity index is 1.73. The second-order valence-electron chi connectivity index (χ2n) is 5.25. The average molecular weight is 297 g/mol. The number of nitrogens with zero attached hydrogens (tertiary/aromatic N) is 1. The fourth-order valence-electron chi connectivity index (χ4n) is 2.68. The summed E-state index contributed by atoms with van der Waals surface area (Å²) in [6.07, 6.45) is 0.0727. The van der Waals surface area contributed by atoms with Crippen LogP contribution in [0, 0.1) is 0 Å². The molecule has 114 valence electrons. The Morgan fingerprint density at radius 2 is 2.05 bits per heavy atom. The predicted molar refractivity (Wildman–Crippen MR) is 83.5 cm³/mol. The van der Waals surface area contributed by atoms with Crippen LogP contribution in [0.3, 0.4) is 0 Å². The number of hydrogen-bond donors (Lipinski definition) is 0. The van der Waals surface area contributed by atoms with Gasteiger partial charge in [-0.1, -0.05) is 42.5 Å². The van der Waals surface area contributed by atoms with E-state index >= 15 is 0 Å². The van der Waals surface area contributed by atoms with Crippen LogP contribution in [0.5, 0.6) is 5.75 Å². The van der Waals surface area contributed by atoms with E-state index in [0.29, 0.717) is 19.6 Å². The van der Waals surface area contributed by atoms with Gasteiger partial charge in [0.05, 0.1) is 20.1 Å². The van der Waals surface area contributed by atoms with Crippen LogP contribution in [-0.4, -0.2) is 31.1 Å². The first-order chi connectivity index (χ1) is 10.8. The summed E-state index contributed by atoms with van der Waals surface area (Å²) >= 11 is 0. The van der Waals surface area contributed by atoms with Gasteiger partial charge in [0.25, 0.3) is 0 Å². The lowest BCUT2D eigenvalue weighted by molar-refractivity contribution is -0.135. The molecule has 1 unspecified atom stereocenters. The Bertz CT molecular complexity index is 642. The van der Waals surface area contributed by atoms with E-state index in [0.717, 1.165) is 16.9 Å². The predicted octanol–water partition coefficient (Wildman–Crippen LogP) is 2.80. The minimum Gasteiger partial charge on any atom is -0.497 e. The van der Waals surface area contributed by atoms with Crippen molar-refractivity contribution in [2.24, 2.45) is 0 Å². The molecule has 1 aliphatic heterocycles. The highest BCUT2D eigenvalue weighted by molar-refractivity contribution is 5.79. The molecule has 4 nitrogen and oxygen atoms in total. The molecule has 0 saturated carbocycles. The molecule has 0 radical (unpaired) electrons. The lowest BCUT2D eigenvalue weighted by atomic mass is 10.1. The Kier molecular flexibility index (Phi) is 4.39. The van der Waals surface area contributed by atoms with E-state index in [1.165, 1.54) is 0 Å². The van der Waals surface area contributed by atoms with E-state index in [9.17, 15) is 4.79 Å². The first kappa shape index (κ1) is 14.6. The lowest BCUT2D eigenvalue weighted by Crippen LogP contribution is -2.32. The van der Waals surface area contributed by atoms with Gasteiger partial charge in [-0.15, -0.1) is 0 Å². The van der Waals surface area contributed by atoms with Crippen molar-refractivity contribution in [3.63, 3.8) is 0 Å². The van der Waals surface area contributed by atoms with Crippen molar-refractivity contribution >= 4 is 5.91 Å². The zero-order valence-corrected chi connectivity index (χ0v) is 12.6. The first-order valence-corrected chi connectivity index (χ1v) is 7.37. The van der Waals surface area contributed by atoms with Crippen molar-refractivity contribution < 1.29 is 14.3 Å². The summed E-state index contributed by atoms with van der Waals surface area (Å²) in [5.74, 6) is 0.835. The number of carbonyl (C=O) groups excluding carboxylic acids is 1. The zero-order chi connectivity index (χ0) is 15.4. The first-order valence-electron chi connectivity index (χ1n) is 7.37. The molecule has 1 fully saturated rings. The average Bonchev–Trinajstić information content (AvgIpc) is 3.05. The van der Waals surface area contributed by atoms with Gasteiger partial charge in [0.15, 0.2) is 6.23 Å². The fraction of sp³-hybridized carbons (Fsp3) is 0.278. The SMILES string of the molecule is COc1cccc(CC(=O)N2CCOC2c2ccccc2)c1. The highest BCUT2D eigenvalue weighted by atomic mass is 16.5. The van der Waals surface area contributed by atoms with E-state index in [1.807, 2.05) is 54.6 Å². The second-order valence-corrected chi connectivity index (χ2v) is 5.25. The van der Waals surface area contributed by atoms with Crippen molar-refractivity contribution in [2.45, 2.75) is 12.6 Å². The molecular formula is C18H19NO3. The highest BCUT2D eigenvalue weighted by Crippen LogP contribution is 2.27. The molecule has 1 heterocycles. The zero-order valence-electron chi connectivity index (χ0n) is 12.6. The van der Waals surface area contributed by atoms with Crippen molar-refractivity contribution in [1.29, 1.82) is 0 Å². The van der Waals surface area contributed by atoms with E-state index in [1.54, 1.807) is 12.0 Å². The van der Waals surface area contributed by atoms with Crippen LogP contribution >= 0.6 is 0 Å². The van der Waals surface area contributed by atoms with Crippen molar-refractivity contribution in [2.75, 3.05) is 20.3 Å². The molecule has 0 N–H and O–H groups in total. The molecule has 22 heavy (non-hydrogen) atoms. The summed E-state index contributed by atoms with van der Waals surface area (Å²) in [4.78, 5) is 14.4. The van der Waals surface area contributed by atoms with Crippen LogP contribution in [0.4, 0.5) is 0 Å². The molecule has 0 aromatic heterocycles. The number of amides is 1. The topological polar surface area (TPSA) is 38.8 Å². The third-order valence-electron chi connectivity index (χ3n) is 3.79. The van der Waals surface area contributed by atoms with E-state index in [-0.39, 0.29) is 12.1 Å². The molecule has 3 rings (SSSR count). The third kappa shape index (κ3) is 3.12. The molecule has 4 heteroatoms. The summed E-state index contributed by atoms with van der Waals surface area (Å²) < 4.78 is 10.9. The third-order valence-corrected chi connectivity index (χ3v) is 3.79. The molecule has 0 aliphatic carbocycles. The Morgan fingerprint density at radius 3 is 2.82 bits per heavy atom. The Morgan fingerprint density at radius 1 is 1.23 bits per heavy atom. The molecule has 2 aromatic carbocycles. The number of rotatable bonds is 4. The van der Waals surface area contributed by atoms with E-state index in [2.05, 4.69) is 0 Å². The van der Waals surface area contributed by atoms with Gasteiger partial charge in [-0.3, -0.25) is 4.79 Å². The van der Waals surface area contributed by atoms with Gasteiger partial charge in [0.1, 0.15) is 5.75 Å². The maximum atomic E-state index is 12.6. The fourth-order valence-corrected chi connectivity index (χ4v) is 2.68. The lowest BCUT2D eigenvalue weighted by Gasteiger charge is -2.23. The number of ether oxygens (including phenoxy) is 2. The van der Waals surface area contributed by atoms with Crippen molar-refractivity contribution in [1.82, 2.24) is 4.90 Å². The van der Waals surface area contributed by atoms with Gasteiger partial charge in [0, 0.05) is 12.1 Å². The molecule has 1 saturated heterocycles. The minimum absolute atomic E-state index is 0.0691. The summed E-state index contributed by atoms with van der Waals surface area (Å²) in [6.45, 7) is 1.20. The van der Waals surface area contributed by atoms with Gasteiger partial charge in [-0.2, -0.15) is 0 Å². The largest absolute Gasteiger partial charge is 0.497 e. The maximum absolute atomic E-state index is 12.6. The van der Waals surface area contributed by atoms with Gasteiger partial charge in [-0.25, -0.2) is 0 Å². The smallest absolute Gasteiger partial charge is 0.229 e. The summed E-state index contributed by atoms with van der Waals surface area (Å²) in [5.41, 5.74) is 1.96.